The van der Waals surface area contributed by atoms with Gasteiger partial charge in [0.25, 0.3) is 0 Å². The van der Waals surface area contributed by atoms with Crippen LogP contribution in [0.2, 0.25) is 0 Å². The largest absolute Gasteiger partial charge is 0.460 e. The molecule has 1 aliphatic carbocycles. The minimum atomic E-state index is -8.54. The highest BCUT2D eigenvalue weighted by molar-refractivity contribution is 5.82. The van der Waals surface area contributed by atoms with Crippen molar-refractivity contribution in [2.24, 2.45) is 5.92 Å². The summed E-state index contributed by atoms with van der Waals surface area (Å²) in [6, 6.07) is 2.99. The van der Waals surface area contributed by atoms with Gasteiger partial charge in [-0.2, -0.15) is 65.9 Å². The van der Waals surface area contributed by atoms with Crippen molar-refractivity contribution in [2.75, 3.05) is 0 Å². The van der Waals surface area contributed by atoms with Gasteiger partial charge in [0.05, 0.1) is 0 Å². The van der Waals surface area contributed by atoms with Crippen molar-refractivity contribution in [3.63, 3.8) is 0 Å². The molecule has 1 aliphatic rings. The minimum absolute atomic E-state index is 0.139. The van der Waals surface area contributed by atoms with Crippen LogP contribution in [0.4, 0.5) is 65.9 Å². The monoisotopic (exact) mass is 630 g/mol. The van der Waals surface area contributed by atoms with Gasteiger partial charge in [0.1, 0.15) is 0 Å². The molecule has 4 nitrogen and oxygen atoms in total. The van der Waals surface area contributed by atoms with Gasteiger partial charge in [0, 0.05) is 6.42 Å². The van der Waals surface area contributed by atoms with Gasteiger partial charge in [0.15, 0.2) is 11.5 Å². The van der Waals surface area contributed by atoms with E-state index in [2.05, 4.69) is 4.74 Å². The quantitative estimate of drug-likeness (QED) is 0.142. The molecular formula is C22H17F15O4. The lowest BCUT2D eigenvalue weighted by atomic mass is 9.91. The van der Waals surface area contributed by atoms with Crippen LogP contribution in [0.25, 0.3) is 0 Å². The molecule has 234 valence electrons. The Hall–Kier alpha value is -2.89. The van der Waals surface area contributed by atoms with Crippen LogP contribution in [0, 0.1) is 5.92 Å². The summed E-state index contributed by atoms with van der Waals surface area (Å²) in [6.45, 7) is 0. The van der Waals surface area contributed by atoms with Crippen molar-refractivity contribution in [3.8, 4) is 11.5 Å². The summed E-state index contributed by atoms with van der Waals surface area (Å²) in [5, 5.41) is 0. The number of alkyl halides is 15. The summed E-state index contributed by atoms with van der Waals surface area (Å²) in [6.07, 6.45) is -4.37. The SMILES string of the molecule is O=C(CCC1CCCC1)Oc1ccccc1OC(=O)C(F)(F)C(F)(F)C(F)(F)C(F)(F)C(F)(F)C(F)(F)C(F)(F)F. The van der Waals surface area contributed by atoms with Crippen LogP contribution < -0.4 is 9.47 Å². The second kappa shape index (κ2) is 11.1. The first-order chi connectivity index (χ1) is 18.4. The molecule has 0 saturated heterocycles. The van der Waals surface area contributed by atoms with E-state index in [0.29, 0.717) is 12.5 Å². The van der Waals surface area contributed by atoms with Crippen LogP contribution in [-0.2, 0) is 9.59 Å². The van der Waals surface area contributed by atoms with Gasteiger partial charge in [0.2, 0.25) is 0 Å². The third kappa shape index (κ3) is 5.89. The Bertz CT molecular complexity index is 1110. The van der Waals surface area contributed by atoms with Crippen LogP contribution in [0.5, 0.6) is 11.5 Å². The van der Waals surface area contributed by atoms with E-state index in [1.165, 1.54) is 0 Å². The predicted octanol–water partition coefficient (Wildman–Crippen LogP) is 7.84. The van der Waals surface area contributed by atoms with Gasteiger partial charge < -0.3 is 9.47 Å². The Kier molecular flexibility index (Phi) is 9.27. The van der Waals surface area contributed by atoms with Crippen molar-refractivity contribution in [1.82, 2.24) is 0 Å². The lowest BCUT2D eigenvalue weighted by molar-refractivity contribution is -0.450. The summed E-state index contributed by atoms with van der Waals surface area (Å²) in [4.78, 5) is 23.7. The second-order valence-corrected chi connectivity index (χ2v) is 8.94. The lowest BCUT2D eigenvalue weighted by Gasteiger charge is -2.40. The van der Waals surface area contributed by atoms with E-state index >= 15 is 0 Å². The molecule has 1 saturated carbocycles. The van der Waals surface area contributed by atoms with Crippen LogP contribution in [0.3, 0.4) is 0 Å². The van der Waals surface area contributed by atoms with Gasteiger partial charge in [-0.15, -0.1) is 0 Å². The summed E-state index contributed by atoms with van der Waals surface area (Å²) in [5.41, 5.74) is 0. The van der Waals surface area contributed by atoms with E-state index in [0.717, 1.165) is 43.9 Å². The summed E-state index contributed by atoms with van der Waals surface area (Å²) >= 11 is 0. The smallest absolute Gasteiger partial charge is 0.423 e. The van der Waals surface area contributed by atoms with Crippen molar-refractivity contribution in [3.05, 3.63) is 24.3 Å². The number of esters is 2. The molecule has 0 spiro atoms. The number of hydrogen-bond donors (Lipinski definition) is 0. The number of carbonyl (C=O) groups excluding carboxylic acids is 2. The van der Waals surface area contributed by atoms with Gasteiger partial charge in [-0.3, -0.25) is 4.79 Å². The number of carbonyl (C=O) groups is 2. The Morgan fingerprint density at radius 1 is 0.634 bits per heavy atom. The highest BCUT2D eigenvalue weighted by Crippen LogP contribution is 2.62. The number of halogens is 15. The average Bonchev–Trinajstić information content (AvgIpc) is 3.36. The van der Waals surface area contributed by atoms with E-state index in [1.807, 2.05) is 0 Å². The predicted molar refractivity (Wildman–Crippen MR) is 105 cm³/mol. The van der Waals surface area contributed by atoms with Crippen LogP contribution in [0.15, 0.2) is 24.3 Å². The number of benzene rings is 1. The molecule has 1 aromatic carbocycles. The fourth-order valence-corrected chi connectivity index (χ4v) is 3.67. The summed E-state index contributed by atoms with van der Waals surface area (Å²) in [5.74, 6) is -56.0. The Morgan fingerprint density at radius 3 is 1.51 bits per heavy atom. The maximum absolute atomic E-state index is 14.1. The van der Waals surface area contributed by atoms with Crippen LogP contribution >= 0.6 is 0 Å². The molecule has 41 heavy (non-hydrogen) atoms. The van der Waals surface area contributed by atoms with Gasteiger partial charge >= 0.3 is 53.7 Å². The third-order valence-corrected chi connectivity index (χ3v) is 6.09. The number of hydrogen-bond acceptors (Lipinski definition) is 4. The van der Waals surface area contributed by atoms with Crippen molar-refractivity contribution >= 4 is 11.9 Å². The van der Waals surface area contributed by atoms with Crippen molar-refractivity contribution < 1.29 is 84.9 Å². The molecule has 0 radical (unpaired) electrons. The molecule has 1 aromatic rings. The number of para-hydroxylation sites is 2. The van der Waals surface area contributed by atoms with E-state index < -0.39 is 65.1 Å². The number of rotatable bonds is 11. The number of ether oxygens (including phenoxy) is 2. The molecule has 1 fully saturated rings. The maximum atomic E-state index is 14.1. The Morgan fingerprint density at radius 2 is 1.05 bits per heavy atom. The first-order valence-electron chi connectivity index (χ1n) is 11.2. The Labute approximate surface area is 219 Å². The third-order valence-electron chi connectivity index (χ3n) is 6.09. The zero-order valence-corrected chi connectivity index (χ0v) is 19.9. The average molecular weight is 630 g/mol. The minimum Gasteiger partial charge on any atom is -0.423 e. The van der Waals surface area contributed by atoms with E-state index in [9.17, 15) is 75.4 Å². The molecule has 0 N–H and O–H groups in total. The molecule has 0 amide bonds. The Balaban J connectivity index is 2.33. The first-order valence-corrected chi connectivity index (χ1v) is 11.2. The van der Waals surface area contributed by atoms with Gasteiger partial charge in [-0.25, -0.2) is 4.79 Å². The van der Waals surface area contributed by atoms with Crippen molar-refractivity contribution in [2.45, 2.75) is 80.2 Å². The molecule has 0 heterocycles. The fraction of sp³-hybridized carbons (Fsp3) is 0.636. The second-order valence-electron chi connectivity index (χ2n) is 8.94. The van der Waals surface area contributed by atoms with E-state index in [1.54, 1.807) is 0 Å². The van der Waals surface area contributed by atoms with E-state index in [4.69, 9.17) is 4.74 Å². The van der Waals surface area contributed by atoms with Gasteiger partial charge in [-0.1, -0.05) is 37.8 Å². The van der Waals surface area contributed by atoms with Crippen LogP contribution in [-0.4, -0.2) is 53.7 Å². The zero-order chi connectivity index (χ0) is 31.9. The highest BCUT2D eigenvalue weighted by atomic mass is 19.4. The molecule has 0 atom stereocenters. The topological polar surface area (TPSA) is 52.6 Å². The fourth-order valence-electron chi connectivity index (χ4n) is 3.67. The molecule has 0 aliphatic heterocycles. The molecule has 0 bridgehead atoms. The zero-order valence-electron chi connectivity index (χ0n) is 19.9. The normalized spacial score (nSPS) is 16.6. The van der Waals surface area contributed by atoms with Crippen LogP contribution in [0.1, 0.15) is 38.5 Å². The maximum Gasteiger partial charge on any atom is 0.460 e. The first kappa shape index (κ1) is 34.3. The van der Waals surface area contributed by atoms with Gasteiger partial charge in [-0.05, 0) is 24.5 Å². The lowest BCUT2D eigenvalue weighted by Crippen LogP contribution is -2.73. The molecule has 19 heteroatoms. The molecule has 2 rings (SSSR count). The summed E-state index contributed by atoms with van der Waals surface area (Å²) < 4.78 is 208. The highest BCUT2D eigenvalue weighted by Gasteiger charge is 2.94. The molecule has 0 aromatic heterocycles. The summed E-state index contributed by atoms with van der Waals surface area (Å²) in [7, 11) is 0. The van der Waals surface area contributed by atoms with E-state index in [-0.39, 0.29) is 12.3 Å². The molecular weight excluding hydrogens is 613 g/mol. The standard InChI is InChI=1S/C22H17F15O4/c23-16(24,17(25,26)18(27,28)19(29,30)20(31,32)21(33,34)22(35,36)37)15(39)41-13-8-4-3-7-12(13)40-14(38)10-9-11-5-1-2-6-11/h3-4,7-8,11H,1-2,5-6,9-10H2. The van der Waals surface area contributed by atoms with Crippen molar-refractivity contribution in [1.29, 1.82) is 0 Å². The molecule has 0 unspecified atom stereocenters.